The number of nitriles is 1. The zero-order valence-corrected chi connectivity index (χ0v) is 16.4. The third-order valence-corrected chi connectivity index (χ3v) is 5.68. The van der Waals surface area contributed by atoms with Crippen LogP contribution in [0, 0.1) is 18.3 Å². The Labute approximate surface area is 170 Å². The molecule has 2 atom stereocenters. The zero-order valence-electron chi connectivity index (χ0n) is 16.4. The van der Waals surface area contributed by atoms with Crippen LogP contribution in [0.4, 0.5) is 0 Å². The molecule has 146 valence electrons. The van der Waals surface area contributed by atoms with Crippen LogP contribution in [0.2, 0.25) is 0 Å². The van der Waals surface area contributed by atoms with E-state index in [-0.39, 0.29) is 23.2 Å². The second-order valence-electron chi connectivity index (χ2n) is 7.43. The van der Waals surface area contributed by atoms with Gasteiger partial charge in [-0.25, -0.2) is 0 Å². The molecule has 2 aromatic rings. The Morgan fingerprint density at radius 3 is 2.55 bits per heavy atom. The number of rotatable bonds is 3. The highest BCUT2D eigenvalue weighted by molar-refractivity contribution is 6.00. The van der Waals surface area contributed by atoms with Crippen molar-refractivity contribution in [3.63, 3.8) is 0 Å². The molecule has 0 amide bonds. The van der Waals surface area contributed by atoms with Gasteiger partial charge < -0.3 is 15.2 Å². The van der Waals surface area contributed by atoms with Crippen molar-refractivity contribution in [3.05, 3.63) is 88.0 Å². The van der Waals surface area contributed by atoms with E-state index in [1.165, 1.54) is 0 Å². The molecule has 0 bridgehead atoms. The number of hydrogen-bond acceptors (Lipinski definition) is 5. The lowest BCUT2D eigenvalue weighted by atomic mass is 9.73. The smallest absolute Gasteiger partial charge is 0.205 e. The second-order valence-corrected chi connectivity index (χ2v) is 7.43. The molecule has 0 fully saturated rings. The molecule has 1 aliphatic heterocycles. The molecule has 5 heteroatoms. The molecule has 0 radical (unpaired) electrons. The maximum Gasteiger partial charge on any atom is 0.205 e. The molecule has 4 rings (SSSR count). The Hall–Kier alpha value is -3.52. The van der Waals surface area contributed by atoms with Gasteiger partial charge in [0.1, 0.15) is 23.2 Å². The number of allylic oxidation sites excluding steroid dienone is 3. The van der Waals surface area contributed by atoms with Gasteiger partial charge in [0.15, 0.2) is 5.78 Å². The van der Waals surface area contributed by atoms with Crippen LogP contribution in [0.15, 0.2) is 71.3 Å². The van der Waals surface area contributed by atoms with Gasteiger partial charge in [0.25, 0.3) is 0 Å². The molecule has 0 spiro atoms. The summed E-state index contributed by atoms with van der Waals surface area (Å²) < 4.78 is 11.2. The second kappa shape index (κ2) is 7.48. The van der Waals surface area contributed by atoms with Crippen LogP contribution in [-0.2, 0) is 9.53 Å². The number of carbonyl (C=O) groups is 1. The monoisotopic (exact) mass is 386 g/mol. The van der Waals surface area contributed by atoms with Crippen LogP contribution < -0.4 is 10.5 Å². The van der Waals surface area contributed by atoms with Crippen molar-refractivity contribution in [1.29, 1.82) is 5.26 Å². The van der Waals surface area contributed by atoms with Gasteiger partial charge in [-0.1, -0.05) is 42.5 Å². The summed E-state index contributed by atoms with van der Waals surface area (Å²) >= 11 is 0. The first-order valence-corrected chi connectivity index (χ1v) is 9.56. The summed E-state index contributed by atoms with van der Waals surface area (Å²) in [5.74, 6) is 0.925. The van der Waals surface area contributed by atoms with Crippen molar-refractivity contribution in [2.75, 3.05) is 7.11 Å². The van der Waals surface area contributed by atoms with E-state index < -0.39 is 5.92 Å². The normalized spacial score (nSPS) is 21.3. The molecular weight excluding hydrogens is 364 g/mol. The fraction of sp³-hybridized carbons (Fsp3) is 0.250. The largest absolute Gasteiger partial charge is 0.496 e. The predicted molar refractivity (Wildman–Crippen MR) is 109 cm³/mol. The van der Waals surface area contributed by atoms with E-state index in [0.717, 1.165) is 22.4 Å². The zero-order chi connectivity index (χ0) is 20.5. The Bertz CT molecular complexity index is 1080. The van der Waals surface area contributed by atoms with E-state index in [4.69, 9.17) is 15.2 Å². The maximum atomic E-state index is 13.2. The molecule has 2 aliphatic rings. The van der Waals surface area contributed by atoms with Gasteiger partial charge in [-0.05, 0) is 35.6 Å². The fourth-order valence-corrected chi connectivity index (χ4v) is 4.28. The van der Waals surface area contributed by atoms with Gasteiger partial charge >= 0.3 is 0 Å². The maximum absolute atomic E-state index is 13.2. The average Bonchev–Trinajstić information content (AvgIpc) is 2.73. The summed E-state index contributed by atoms with van der Waals surface area (Å²) in [6, 6.07) is 17.8. The molecule has 0 saturated carbocycles. The van der Waals surface area contributed by atoms with Crippen LogP contribution in [0.3, 0.4) is 0 Å². The van der Waals surface area contributed by atoms with Crippen LogP contribution in [0.25, 0.3) is 0 Å². The van der Waals surface area contributed by atoms with Crippen molar-refractivity contribution in [2.45, 2.75) is 31.6 Å². The molecule has 1 aliphatic carbocycles. The first-order valence-electron chi connectivity index (χ1n) is 9.56. The SMILES string of the molecule is COc1ccc([C@H]2C(C#N)=C(N)OC3=C2C(=O)C[C@@H](c2ccccc2)C3)cc1C. The van der Waals surface area contributed by atoms with E-state index in [9.17, 15) is 10.1 Å². The summed E-state index contributed by atoms with van der Waals surface area (Å²) in [7, 11) is 1.62. The third kappa shape index (κ3) is 3.27. The number of nitrogens with zero attached hydrogens (tertiary/aromatic N) is 1. The summed E-state index contributed by atoms with van der Waals surface area (Å²) in [5, 5.41) is 9.74. The van der Waals surface area contributed by atoms with Crippen molar-refractivity contribution < 1.29 is 14.3 Å². The van der Waals surface area contributed by atoms with Crippen molar-refractivity contribution in [2.24, 2.45) is 5.73 Å². The molecule has 1 heterocycles. The average molecular weight is 386 g/mol. The van der Waals surface area contributed by atoms with Crippen LogP contribution >= 0.6 is 0 Å². The van der Waals surface area contributed by atoms with Gasteiger partial charge in [0, 0.05) is 18.4 Å². The number of aryl methyl sites for hydroxylation is 1. The fourth-order valence-electron chi connectivity index (χ4n) is 4.28. The Morgan fingerprint density at radius 1 is 1.14 bits per heavy atom. The number of ketones is 1. The summed E-state index contributed by atoms with van der Waals surface area (Å²) in [4.78, 5) is 13.2. The van der Waals surface area contributed by atoms with Gasteiger partial charge in [0.05, 0.1) is 13.0 Å². The minimum Gasteiger partial charge on any atom is -0.496 e. The van der Waals surface area contributed by atoms with Crippen molar-refractivity contribution in [1.82, 2.24) is 0 Å². The third-order valence-electron chi connectivity index (χ3n) is 5.68. The van der Waals surface area contributed by atoms with Gasteiger partial charge in [-0.3, -0.25) is 4.79 Å². The van der Waals surface area contributed by atoms with E-state index in [2.05, 4.69) is 6.07 Å². The van der Waals surface area contributed by atoms with Gasteiger partial charge in [-0.15, -0.1) is 0 Å². The summed E-state index contributed by atoms with van der Waals surface area (Å²) in [6.07, 6.45) is 0.965. The molecule has 29 heavy (non-hydrogen) atoms. The van der Waals surface area contributed by atoms with Crippen molar-refractivity contribution in [3.8, 4) is 11.8 Å². The standard InChI is InChI=1S/C24H22N2O3/c1-14-10-16(8-9-20(14)28-2)22-18(13-25)24(26)29-21-12-17(11-19(27)23(21)22)15-6-4-3-5-7-15/h3-10,17,22H,11-12,26H2,1-2H3/t17-,22+/m1/s1. The van der Waals surface area contributed by atoms with Crippen LogP contribution in [0.1, 0.15) is 41.4 Å². The van der Waals surface area contributed by atoms with Crippen molar-refractivity contribution >= 4 is 5.78 Å². The van der Waals surface area contributed by atoms with Crippen LogP contribution in [0.5, 0.6) is 5.75 Å². The number of Topliss-reactive ketones (excluding diaryl/α,β-unsaturated/α-hetero) is 1. The first kappa shape index (κ1) is 18.8. The first-order chi connectivity index (χ1) is 14.0. The summed E-state index contributed by atoms with van der Waals surface area (Å²) in [5.41, 5.74) is 9.81. The number of methoxy groups -OCH3 is 1. The summed E-state index contributed by atoms with van der Waals surface area (Å²) in [6.45, 7) is 1.93. The number of carbonyl (C=O) groups excluding carboxylic acids is 1. The highest BCUT2D eigenvalue weighted by atomic mass is 16.5. The molecule has 2 aromatic carbocycles. The molecule has 0 aromatic heterocycles. The Kier molecular flexibility index (Phi) is 4.85. The number of ether oxygens (including phenoxy) is 2. The van der Waals surface area contributed by atoms with Gasteiger partial charge in [-0.2, -0.15) is 5.26 Å². The minimum atomic E-state index is -0.516. The Morgan fingerprint density at radius 2 is 1.90 bits per heavy atom. The topological polar surface area (TPSA) is 85.3 Å². The molecule has 0 unspecified atom stereocenters. The van der Waals surface area contributed by atoms with E-state index >= 15 is 0 Å². The number of hydrogen-bond donors (Lipinski definition) is 1. The quantitative estimate of drug-likeness (QED) is 0.854. The van der Waals surface area contributed by atoms with Crippen LogP contribution in [-0.4, -0.2) is 12.9 Å². The molecule has 2 N–H and O–H groups in total. The molecular formula is C24H22N2O3. The minimum absolute atomic E-state index is 0.00109. The molecule has 5 nitrogen and oxygen atoms in total. The lowest BCUT2D eigenvalue weighted by Gasteiger charge is -2.34. The van der Waals surface area contributed by atoms with E-state index in [1.807, 2.05) is 55.5 Å². The number of benzene rings is 2. The predicted octanol–water partition coefficient (Wildman–Crippen LogP) is 4.21. The molecule has 0 saturated heterocycles. The lowest BCUT2D eigenvalue weighted by Crippen LogP contribution is -2.29. The van der Waals surface area contributed by atoms with Gasteiger partial charge in [0.2, 0.25) is 5.88 Å². The highest BCUT2D eigenvalue weighted by Crippen LogP contribution is 2.47. The van der Waals surface area contributed by atoms with E-state index in [1.54, 1.807) is 7.11 Å². The lowest BCUT2D eigenvalue weighted by molar-refractivity contribution is -0.117. The highest BCUT2D eigenvalue weighted by Gasteiger charge is 2.40. The Balaban J connectivity index is 1.80. The van der Waals surface area contributed by atoms with E-state index in [0.29, 0.717) is 24.2 Å². The number of nitrogens with two attached hydrogens (primary N) is 1.